The number of rotatable bonds is 6. The Balaban J connectivity index is 2.54. The molecule has 3 heteroatoms. The summed E-state index contributed by atoms with van der Waals surface area (Å²) < 4.78 is 0. The average molecular weight is 255 g/mol. The van der Waals surface area contributed by atoms with Crippen molar-refractivity contribution < 1.29 is 9.90 Å². The van der Waals surface area contributed by atoms with Crippen LogP contribution in [0.25, 0.3) is 0 Å². The van der Waals surface area contributed by atoms with E-state index >= 15 is 0 Å². The molecule has 3 nitrogen and oxygen atoms in total. The van der Waals surface area contributed by atoms with Crippen molar-refractivity contribution in [1.82, 2.24) is 4.90 Å². The maximum Gasteiger partial charge on any atom is 0.225 e. The summed E-state index contributed by atoms with van der Waals surface area (Å²) >= 11 is 0. The van der Waals surface area contributed by atoms with E-state index in [4.69, 9.17) is 0 Å². The summed E-state index contributed by atoms with van der Waals surface area (Å²) in [6.45, 7) is 7.85. The van der Waals surface area contributed by atoms with E-state index in [-0.39, 0.29) is 17.9 Å². The van der Waals surface area contributed by atoms with Crippen molar-refractivity contribution in [1.29, 1.82) is 0 Å². The Hall–Kier alpha value is -0.570. The van der Waals surface area contributed by atoms with Gasteiger partial charge in [0, 0.05) is 24.9 Å². The number of likely N-dealkylation sites (tertiary alicyclic amines) is 1. The van der Waals surface area contributed by atoms with E-state index in [2.05, 4.69) is 20.8 Å². The zero-order valence-corrected chi connectivity index (χ0v) is 12.2. The van der Waals surface area contributed by atoms with E-state index in [1.165, 1.54) is 0 Å². The largest absolute Gasteiger partial charge is 0.393 e. The Bertz CT molecular complexity index is 255. The van der Waals surface area contributed by atoms with Crippen molar-refractivity contribution in [2.45, 2.75) is 65.4 Å². The second-order valence-corrected chi connectivity index (χ2v) is 5.56. The molecule has 0 bridgehead atoms. The quantitative estimate of drug-likeness (QED) is 0.793. The minimum Gasteiger partial charge on any atom is -0.393 e. The number of aliphatic hydroxyl groups is 1. The van der Waals surface area contributed by atoms with Crippen LogP contribution < -0.4 is 0 Å². The van der Waals surface area contributed by atoms with Crippen molar-refractivity contribution in [3.05, 3.63) is 0 Å². The van der Waals surface area contributed by atoms with Gasteiger partial charge in [0.1, 0.15) is 0 Å². The predicted octanol–water partition coefficient (Wildman–Crippen LogP) is 2.82. The highest BCUT2D eigenvalue weighted by atomic mass is 16.3. The molecule has 1 saturated heterocycles. The van der Waals surface area contributed by atoms with Gasteiger partial charge in [-0.1, -0.05) is 33.6 Å². The first-order valence-corrected chi connectivity index (χ1v) is 7.60. The van der Waals surface area contributed by atoms with E-state index in [0.717, 1.165) is 51.6 Å². The summed E-state index contributed by atoms with van der Waals surface area (Å²) in [6, 6.07) is 0. The Morgan fingerprint density at radius 3 is 2.67 bits per heavy atom. The fourth-order valence-electron chi connectivity index (χ4n) is 2.83. The first-order valence-electron chi connectivity index (χ1n) is 7.60. The molecule has 3 unspecified atom stereocenters. The number of nitrogens with zero attached hydrogens (tertiary/aromatic N) is 1. The van der Waals surface area contributed by atoms with Crippen LogP contribution >= 0.6 is 0 Å². The third kappa shape index (κ3) is 3.98. The molecule has 1 fully saturated rings. The third-order valence-electron chi connectivity index (χ3n) is 4.28. The van der Waals surface area contributed by atoms with Crippen molar-refractivity contribution in [2.24, 2.45) is 11.8 Å². The monoisotopic (exact) mass is 255 g/mol. The van der Waals surface area contributed by atoms with Gasteiger partial charge in [0.2, 0.25) is 5.91 Å². The molecule has 0 radical (unpaired) electrons. The van der Waals surface area contributed by atoms with Gasteiger partial charge in [-0.2, -0.15) is 0 Å². The normalized spacial score (nSPS) is 26.1. The van der Waals surface area contributed by atoms with Gasteiger partial charge in [-0.25, -0.2) is 0 Å². The smallest absolute Gasteiger partial charge is 0.225 e. The molecule has 1 N–H and O–H groups in total. The minimum absolute atomic E-state index is 0.192. The zero-order valence-electron chi connectivity index (χ0n) is 12.2. The van der Waals surface area contributed by atoms with Crippen molar-refractivity contribution in [3.8, 4) is 0 Å². The molecular weight excluding hydrogens is 226 g/mol. The number of hydrogen-bond acceptors (Lipinski definition) is 2. The number of hydrogen-bond donors (Lipinski definition) is 1. The molecule has 0 spiro atoms. The molecule has 1 aliphatic rings. The van der Waals surface area contributed by atoms with Gasteiger partial charge in [0.15, 0.2) is 0 Å². The van der Waals surface area contributed by atoms with E-state index in [0.29, 0.717) is 5.91 Å². The molecule has 106 valence electrons. The fourth-order valence-corrected chi connectivity index (χ4v) is 2.83. The Morgan fingerprint density at radius 1 is 1.39 bits per heavy atom. The van der Waals surface area contributed by atoms with E-state index < -0.39 is 0 Å². The summed E-state index contributed by atoms with van der Waals surface area (Å²) in [4.78, 5) is 14.4. The highest BCUT2D eigenvalue weighted by Crippen LogP contribution is 2.23. The van der Waals surface area contributed by atoms with E-state index in [9.17, 15) is 9.90 Å². The number of piperidine rings is 1. The SMILES string of the molecule is CCCCC(CC)C(=O)N1CCC(O)C(CC)C1. The molecule has 0 aromatic carbocycles. The summed E-state index contributed by atoms with van der Waals surface area (Å²) in [6.07, 6.45) is 5.73. The molecule has 1 aliphatic heterocycles. The number of carbonyl (C=O) groups excluding carboxylic acids is 1. The molecule has 1 rings (SSSR count). The third-order valence-corrected chi connectivity index (χ3v) is 4.28. The molecule has 1 heterocycles. The fraction of sp³-hybridized carbons (Fsp3) is 0.933. The van der Waals surface area contributed by atoms with Crippen molar-refractivity contribution >= 4 is 5.91 Å². The van der Waals surface area contributed by atoms with Gasteiger partial charge in [0.25, 0.3) is 0 Å². The van der Waals surface area contributed by atoms with Gasteiger partial charge in [-0.3, -0.25) is 4.79 Å². The minimum atomic E-state index is -0.213. The predicted molar refractivity (Wildman–Crippen MR) is 74.3 cm³/mol. The van der Waals surface area contributed by atoms with E-state index in [1.807, 2.05) is 4.90 Å². The molecule has 18 heavy (non-hydrogen) atoms. The molecular formula is C15H29NO2. The van der Waals surface area contributed by atoms with Gasteiger partial charge in [0.05, 0.1) is 6.10 Å². The van der Waals surface area contributed by atoms with Crippen molar-refractivity contribution in [2.75, 3.05) is 13.1 Å². The van der Waals surface area contributed by atoms with Gasteiger partial charge >= 0.3 is 0 Å². The molecule has 0 aromatic rings. The first-order chi connectivity index (χ1) is 8.63. The van der Waals surface area contributed by atoms with E-state index in [1.54, 1.807) is 0 Å². The highest BCUT2D eigenvalue weighted by Gasteiger charge is 2.31. The second-order valence-electron chi connectivity index (χ2n) is 5.56. The first kappa shape index (κ1) is 15.5. The summed E-state index contributed by atoms with van der Waals surface area (Å²) in [7, 11) is 0. The van der Waals surface area contributed by atoms with Crippen LogP contribution in [0, 0.1) is 11.8 Å². The van der Waals surface area contributed by atoms with Crippen LogP contribution in [0.15, 0.2) is 0 Å². The van der Waals surface area contributed by atoms with Crippen LogP contribution in [0.5, 0.6) is 0 Å². The molecule has 0 aliphatic carbocycles. The number of amides is 1. The number of unbranched alkanes of at least 4 members (excludes halogenated alkanes) is 1. The standard InChI is InChI=1S/C15H29NO2/c1-4-7-8-12(5-2)15(18)16-10-9-14(17)13(6-3)11-16/h12-14,17H,4-11H2,1-3H3. The lowest BCUT2D eigenvalue weighted by molar-refractivity contribution is -0.139. The molecule has 1 amide bonds. The van der Waals surface area contributed by atoms with Crippen LogP contribution in [-0.4, -0.2) is 35.1 Å². The average Bonchev–Trinajstić information content (AvgIpc) is 2.40. The van der Waals surface area contributed by atoms with Crippen LogP contribution in [0.4, 0.5) is 0 Å². The summed E-state index contributed by atoms with van der Waals surface area (Å²) in [5.41, 5.74) is 0. The van der Waals surface area contributed by atoms with Gasteiger partial charge in [-0.15, -0.1) is 0 Å². The van der Waals surface area contributed by atoms with Crippen LogP contribution in [0.1, 0.15) is 59.3 Å². The highest BCUT2D eigenvalue weighted by molar-refractivity contribution is 5.78. The van der Waals surface area contributed by atoms with Crippen LogP contribution in [0.3, 0.4) is 0 Å². The maximum absolute atomic E-state index is 12.4. The van der Waals surface area contributed by atoms with Crippen molar-refractivity contribution in [3.63, 3.8) is 0 Å². The number of carbonyl (C=O) groups is 1. The topological polar surface area (TPSA) is 40.5 Å². The van der Waals surface area contributed by atoms with Gasteiger partial charge < -0.3 is 10.0 Å². The Morgan fingerprint density at radius 2 is 2.11 bits per heavy atom. The summed E-state index contributed by atoms with van der Waals surface area (Å²) in [5, 5.41) is 9.87. The van der Waals surface area contributed by atoms with Crippen LogP contribution in [-0.2, 0) is 4.79 Å². The lowest BCUT2D eigenvalue weighted by atomic mass is 9.90. The zero-order chi connectivity index (χ0) is 13.5. The van der Waals surface area contributed by atoms with Crippen LogP contribution in [0.2, 0.25) is 0 Å². The molecule has 0 saturated carbocycles. The summed E-state index contributed by atoms with van der Waals surface area (Å²) in [5.74, 6) is 0.778. The lowest BCUT2D eigenvalue weighted by Gasteiger charge is -2.37. The second kappa shape index (κ2) is 7.78. The maximum atomic E-state index is 12.4. The Labute approximate surface area is 112 Å². The number of aliphatic hydroxyl groups excluding tert-OH is 1. The molecule has 3 atom stereocenters. The lowest BCUT2D eigenvalue weighted by Crippen LogP contribution is -2.47. The molecule has 0 aromatic heterocycles. The van der Waals surface area contributed by atoms with Gasteiger partial charge in [-0.05, 0) is 25.7 Å². The Kier molecular flexibility index (Phi) is 6.69.